The van der Waals surface area contributed by atoms with E-state index >= 15 is 0 Å². The van der Waals surface area contributed by atoms with Crippen molar-refractivity contribution in [3.8, 4) is 0 Å². The van der Waals surface area contributed by atoms with Crippen LogP contribution in [0.15, 0.2) is 41.4 Å². The van der Waals surface area contributed by atoms with Gasteiger partial charge in [0.1, 0.15) is 5.82 Å². The van der Waals surface area contributed by atoms with E-state index in [2.05, 4.69) is 15.1 Å². The third kappa shape index (κ3) is 3.06. The van der Waals surface area contributed by atoms with Crippen molar-refractivity contribution >= 4 is 21.5 Å². The average molecular weight is 292 g/mol. The molecule has 0 aliphatic carbocycles. The van der Waals surface area contributed by atoms with Gasteiger partial charge in [-0.25, -0.2) is 19.2 Å². The lowest BCUT2D eigenvalue weighted by Gasteiger charge is -2.10. The largest absolute Gasteiger partial charge is 0.308 e. The topological polar surface area (TPSA) is 97.1 Å². The second-order valence-corrected chi connectivity index (χ2v) is 6.11. The molecule has 7 heteroatoms. The molecule has 2 aromatic rings. The number of benzene rings is 1. The first-order chi connectivity index (χ1) is 9.42. The van der Waals surface area contributed by atoms with Crippen molar-refractivity contribution in [2.75, 3.05) is 10.1 Å². The van der Waals surface area contributed by atoms with Crippen LogP contribution in [0.1, 0.15) is 11.1 Å². The molecule has 1 heterocycles. The predicted molar refractivity (Wildman–Crippen MR) is 78.8 cm³/mol. The lowest BCUT2D eigenvalue weighted by molar-refractivity contribution is 0.601. The number of nitrogens with zero attached hydrogens (tertiary/aromatic N) is 1. The van der Waals surface area contributed by atoms with Gasteiger partial charge < -0.3 is 5.43 Å². The smallest absolute Gasteiger partial charge is 0.262 e. The Kier molecular flexibility index (Phi) is 3.91. The molecule has 106 valence electrons. The third-order valence-electron chi connectivity index (χ3n) is 2.95. The highest BCUT2D eigenvalue weighted by molar-refractivity contribution is 7.92. The van der Waals surface area contributed by atoms with Crippen molar-refractivity contribution in [2.24, 2.45) is 5.84 Å². The Morgan fingerprint density at radius 1 is 1.10 bits per heavy atom. The van der Waals surface area contributed by atoms with E-state index in [0.29, 0.717) is 5.69 Å². The molecule has 0 spiro atoms. The summed E-state index contributed by atoms with van der Waals surface area (Å²) in [5.41, 5.74) is 4.96. The predicted octanol–water partition coefficient (Wildman–Crippen LogP) is 1.78. The maximum absolute atomic E-state index is 12.3. The third-order valence-corrected chi connectivity index (χ3v) is 4.33. The van der Waals surface area contributed by atoms with E-state index in [1.807, 2.05) is 19.9 Å². The van der Waals surface area contributed by atoms with Crippen LogP contribution in [0.5, 0.6) is 0 Å². The fraction of sp³-hybridized carbons (Fsp3) is 0.154. The highest BCUT2D eigenvalue weighted by Gasteiger charge is 2.15. The molecule has 0 bridgehead atoms. The Labute approximate surface area is 118 Å². The van der Waals surface area contributed by atoms with Crippen molar-refractivity contribution in [2.45, 2.75) is 18.7 Å². The van der Waals surface area contributed by atoms with Gasteiger partial charge >= 0.3 is 0 Å². The summed E-state index contributed by atoms with van der Waals surface area (Å²) in [5.74, 6) is 5.51. The molecule has 2 rings (SSSR count). The van der Waals surface area contributed by atoms with E-state index in [9.17, 15) is 8.42 Å². The number of anilines is 2. The number of nitrogens with one attached hydrogen (secondary N) is 2. The number of pyridine rings is 1. The van der Waals surface area contributed by atoms with Crippen molar-refractivity contribution in [1.29, 1.82) is 0 Å². The van der Waals surface area contributed by atoms with Gasteiger partial charge in [0, 0.05) is 18.0 Å². The first-order valence-corrected chi connectivity index (χ1v) is 7.43. The molecule has 6 nitrogen and oxygen atoms in total. The van der Waals surface area contributed by atoms with Crippen molar-refractivity contribution < 1.29 is 8.42 Å². The normalized spacial score (nSPS) is 11.2. The van der Waals surface area contributed by atoms with Crippen LogP contribution in [0.3, 0.4) is 0 Å². The van der Waals surface area contributed by atoms with E-state index in [0.717, 1.165) is 11.1 Å². The minimum Gasteiger partial charge on any atom is -0.308 e. The maximum atomic E-state index is 12.3. The van der Waals surface area contributed by atoms with E-state index in [-0.39, 0.29) is 10.7 Å². The van der Waals surface area contributed by atoms with Crippen LogP contribution in [0.4, 0.5) is 11.5 Å². The SMILES string of the molecule is Cc1ccc(NS(=O)(=O)c2ccnc(NN)c2)cc1C. The van der Waals surface area contributed by atoms with Crippen molar-refractivity contribution in [3.63, 3.8) is 0 Å². The van der Waals surface area contributed by atoms with Crippen LogP contribution in [-0.2, 0) is 10.0 Å². The molecule has 0 saturated carbocycles. The van der Waals surface area contributed by atoms with Gasteiger partial charge in [-0.2, -0.15) is 0 Å². The molecule has 0 unspecified atom stereocenters. The van der Waals surface area contributed by atoms with Gasteiger partial charge in [0.25, 0.3) is 10.0 Å². The second kappa shape index (κ2) is 5.48. The Balaban J connectivity index is 2.32. The highest BCUT2D eigenvalue weighted by Crippen LogP contribution is 2.19. The molecule has 0 aliphatic heterocycles. The molecule has 4 N–H and O–H groups in total. The molecule has 0 aliphatic rings. The highest BCUT2D eigenvalue weighted by atomic mass is 32.2. The van der Waals surface area contributed by atoms with Gasteiger partial charge in [0.2, 0.25) is 0 Å². The first-order valence-electron chi connectivity index (χ1n) is 5.95. The second-order valence-electron chi connectivity index (χ2n) is 4.43. The summed E-state index contributed by atoms with van der Waals surface area (Å²) in [6.07, 6.45) is 1.38. The quantitative estimate of drug-likeness (QED) is 0.589. The summed E-state index contributed by atoms with van der Waals surface area (Å²) >= 11 is 0. The number of nitrogen functional groups attached to an aromatic ring is 1. The van der Waals surface area contributed by atoms with Gasteiger partial charge in [-0.15, -0.1) is 0 Å². The maximum Gasteiger partial charge on any atom is 0.262 e. The molecule has 20 heavy (non-hydrogen) atoms. The van der Waals surface area contributed by atoms with Crippen molar-refractivity contribution in [3.05, 3.63) is 47.7 Å². The average Bonchev–Trinajstić information content (AvgIpc) is 2.43. The minimum atomic E-state index is -3.66. The summed E-state index contributed by atoms with van der Waals surface area (Å²) < 4.78 is 27.0. The lowest BCUT2D eigenvalue weighted by atomic mass is 10.1. The number of sulfonamides is 1. The fourth-order valence-corrected chi connectivity index (χ4v) is 2.74. The molecule has 0 amide bonds. The molecule has 0 saturated heterocycles. The van der Waals surface area contributed by atoms with Gasteiger partial charge in [-0.3, -0.25) is 4.72 Å². The van der Waals surface area contributed by atoms with E-state index in [4.69, 9.17) is 5.84 Å². The zero-order valence-electron chi connectivity index (χ0n) is 11.2. The molecule has 0 fully saturated rings. The van der Waals surface area contributed by atoms with Gasteiger partial charge in [0.05, 0.1) is 4.90 Å². The minimum absolute atomic E-state index is 0.0960. The number of aromatic nitrogens is 1. The van der Waals surface area contributed by atoms with Crippen LogP contribution < -0.4 is 16.0 Å². The monoisotopic (exact) mass is 292 g/mol. The van der Waals surface area contributed by atoms with Gasteiger partial charge in [0.15, 0.2) is 0 Å². The summed E-state index contributed by atoms with van der Waals surface area (Å²) in [5, 5.41) is 0. The van der Waals surface area contributed by atoms with E-state index in [1.54, 1.807) is 12.1 Å². The molecule has 1 aromatic carbocycles. The Morgan fingerprint density at radius 2 is 1.85 bits per heavy atom. The van der Waals surface area contributed by atoms with Crippen LogP contribution in [0.2, 0.25) is 0 Å². The van der Waals surface area contributed by atoms with E-state index < -0.39 is 10.0 Å². The number of hydrogen-bond donors (Lipinski definition) is 3. The number of rotatable bonds is 4. The summed E-state index contributed by atoms with van der Waals surface area (Å²) in [4.78, 5) is 3.97. The van der Waals surface area contributed by atoms with Crippen LogP contribution in [0, 0.1) is 13.8 Å². The first kappa shape index (κ1) is 14.3. The molecule has 1 aromatic heterocycles. The molecule has 0 atom stereocenters. The Bertz CT molecular complexity index is 729. The summed E-state index contributed by atoms with van der Waals surface area (Å²) in [6.45, 7) is 3.89. The zero-order valence-corrected chi connectivity index (χ0v) is 12.0. The summed E-state index contributed by atoms with van der Waals surface area (Å²) in [7, 11) is -3.66. The lowest BCUT2D eigenvalue weighted by Crippen LogP contribution is -2.15. The Morgan fingerprint density at radius 3 is 2.50 bits per heavy atom. The van der Waals surface area contributed by atoms with Gasteiger partial charge in [-0.05, 0) is 43.2 Å². The standard InChI is InChI=1S/C13H16N4O2S/c1-9-3-4-11(7-10(9)2)17-20(18,19)12-5-6-15-13(8-12)16-14/h3-8,17H,14H2,1-2H3,(H,15,16). The molecular formula is C13H16N4O2S. The van der Waals surface area contributed by atoms with Crippen LogP contribution in [-0.4, -0.2) is 13.4 Å². The fourth-order valence-electron chi connectivity index (χ4n) is 1.68. The zero-order chi connectivity index (χ0) is 14.8. The number of nitrogens with two attached hydrogens (primary N) is 1. The molecule has 0 radical (unpaired) electrons. The van der Waals surface area contributed by atoms with Gasteiger partial charge in [-0.1, -0.05) is 6.07 Å². The van der Waals surface area contributed by atoms with Crippen LogP contribution >= 0.6 is 0 Å². The van der Waals surface area contributed by atoms with E-state index in [1.165, 1.54) is 18.3 Å². The van der Waals surface area contributed by atoms with Crippen molar-refractivity contribution in [1.82, 2.24) is 4.98 Å². The summed E-state index contributed by atoms with van der Waals surface area (Å²) in [6, 6.07) is 8.15. The number of hydrogen-bond acceptors (Lipinski definition) is 5. The number of hydrazine groups is 1. The Hall–Kier alpha value is -2.12. The number of aryl methyl sites for hydroxylation is 2. The van der Waals surface area contributed by atoms with Crippen LogP contribution in [0.25, 0.3) is 0 Å². The molecular weight excluding hydrogens is 276 g/mol.